The smallest absolute Gasteiger partial charge is 0.238 e. The molecule has 4 heteroatoms. The summed E-state index contributed by atoms with van der Waals surface area (Å²) in [5.41, 5.74) is 0.829. The predicted octanol–water partition coefficient (Wildman–Crippen LogP) is 2.12. The standard InChI is InChI=1S/C18H14N2O2/c19-8-9-3-1-2-4-14(9)20-17(21)15-10-5-6-11(13-7-12(10)13)16(15)18(20)22/h1-6,10-13,15-16H,7H2/t10-,11-,12-,13+,15-,16-/m1/s1. The van der Waals surface area contributed by atoms with E-state index >= 15 is 0 Å². The number of imide groups is 1. The summed E-state index contributed by atoms with van der Waals surface area (Å²) < 4.78 is 0. The van der Waals surface area contributed by atoms with Crippen LogP contribution in [-0.2, 0) is 9.59 Å². The average Bonchev–Trinajstić information content (AvgIpc) is 3.32. The minimum atomic E-state index is -0.210. The van der Waals surface area contributed by atoms with Crippen molar-refractivity contribution < 1.29 is 9.59 Å². The summed E-state index contributed by atoms with van der Waals surface area (Å²) in [4.78, 5) is 27.2. The minimum absolute atomic E-state index is 0.109. The van der Waals surface area contributed by atoms with Gasteiger partial charge in [-0.15, -0.1) is 0 Å². The van der Waals surface area contributed by atoms with Crippen molar-refractivity contribution in [3.05, 3.63) is 42.0 Å². The highest BCUT2D eigenvalue weighted by Crippen LogP contribution is 2.65. The highest BCUT2D eigenvalue weighted by Gasteiger charge is 2.67. The van der Waals surface area contributed by atoms with Crippen molar-refractivity contribution in [3.63, 3.8) is 0 Å². The summed E-state index contributed by atoms with van der Waals surface area (Å²) in [5, 5.41) is 9.26. The van der Waals surface area contributed by atoms with Crippen LogP contribution in [0.5, 0.6) is 0 Å². The highest BCUT2D eigenvalue weighted by atomic mass is 16.2. The van der Waals surface area contributed by atoms with Gasteiger partial charge in [0, 0.05) is 0 Å². The van der Waals surface area contributed by atoms with Crippen LogP contribution in [0.3, 0.4) is 0 Å². The molecule has 6 atom stereocenters. The lowest BCUT2D eigenvalue weighted by atomic mass is 9.63. The summed E-state index contributed by atoms with van der Waals surface area (Å²) in [7, 11) is 0. The molecule has 0 spiro atoms. The van der Waals surface area contributed by atoms with E-state index in [9.17, 15) is 14.9 Å². The number of amides is 2. The van der Waals surface area contributed by atoms with Gasteiger partial charge in [-0.05, 0) is 42.2 Å². The maximum absolute atomic E-state index is 12.9. The molecule has 0 radical (unpaired) electrons. The van der Waals surface area contributed by atoms with E-state index in [2.05, 4.69) is 18.2 Å². The summed E-state index contributed by atoms with van der Waals surface area (Å²) in [6.07, 6.45) is 5.47. The van der Waals surface area contributed by atoms with Gasteiger partial charge in [0.05, 0.1) is 23.1 Å². The van der Waals surface area contributed by atoms with Crippen molar-refractivity contribution >= 4 is 17.5 Å². The number of benzene rings is 1. The van der Waals surface area contributed by atoms with Crippen molar-refractivity contribution in [1.82, 2.24) is 0 Å². The Morgan fingerprint density at radius 3 is 2.18 bits per heavy atom. The fourth-order valence-corrected chi connectivity index (χ4v) is 4.96. The zero-order valence-electron chi connectivity index (χ0n) is 11.8. The average molecular weight is 290 g/mol. The predicted molar refractivity (Wildman–Crippen MR) is 78.3 cm³/mol. The topological polar surface area (TPSA) is 61.2 Å². The van der Waals surface area contributed by atoms with Crippen molar-refractivity contribution in [3.8, 4) is 6.07 Å². The Morgan fingerprint density at radius 1 is 1.00 bits per heavy atom. The number of allylic oxidation sites excluding steroid dienone is 2. The molecule has 5 aliphatic rings. The third-order valence-corrected chi connectivity index (χ3v) is 5.93. The zero-order chi connectivity index (χ0) is 15.0. The molecule has 1 heterocycles. The summed E-state index contributed by atoms with van der Waals surface area (Å²) >= 11 is 0. The summed E-state index contributed by atoms with van der Waals surface area (Å²) in [6, 6.07) is 8.96. The first-order valence-electron chi connectivity index (χ1n) is 7.77. The van der Waals surface area contributed by atoms with Crippen LogP contribution in [0, 0.1) is 46.8 Å². The third kappa shape index (κ3) is 1.28. The highest BCUT2D eigenvalue weighted by molar-refractivity contribution is 6.23. The number of anilines is 1. The molecule has 1 aromatic carbocycles. The molecule has 4 aliphatic carbocycles. The monoisotopic (exact) mass is 290 g/mol. The molecule has 0 aromatic heterocycles. The van der Waals surface area contributed by atoms with Gasteiger partial charge in [0.25, 0.3) is 0 Å². The number of rotatable bonds is 1. The Bertz CT molecular complexity index is 755. The van der Waals surface area contributed by atoms with Gasteiger partial charge < -0.3 is 0 Å². The molecule has 3 fully saturated rings. The van der Waals surface area contributed by atoms with E-state index < -0.39 is 0 Å². The van der Waals surface area contributed by atoms with Crippen LogP contribution < -0.4 is 4.90 Å². The molecule has 0 unspecified atom stereocenters. The molecule has 22 heavy (non-hydrogen) atoms. The Hall–Kier alpha value is -2.41. The van der Waals surface area contributed by atoms with Crippen LogP contribution in [0.15, 0.2) is 36.4 Å². The maximum atomic E-state index is 12.9. The van der Waals surface area contributed by atoms with Crippen LogP contribution in [0.4, 0.5) is 5.69 Å². The fraction of sp³-hybridized carbons (Fsp3) is 0.389. The van der Waals surface area contributed by atoms with E-state index in [0.29, 0.717) is 23.1 Å². The van der Waals surface area contributed by atoms with Gasteiger partial charge in [-0.1, -0.05) is 24.3 Å². The lowest BCUT2D eigenvalue weighted by Gasteiger charge is -2.37. The van der Waals surface area contributed by atoms with Crippen molar-refractivity contribution in [2.24, 2.45) is 35.5 Å². The van der Waals surface area contributed by atoms with E-state index in [-0.39, 0.29) is 35.5 Å². The molecule has 1 saturated heterocycles. The van der Waals surface area contributed by atoms with E-state index in [4.69, 9.17) is 0 Å². The largest absolute Gasteiger partial charge is 0.274 e. The van der Waals surface area contributed by atoms with Crippen LogP contribution in [0.2, 0.25) is 0 Å². The quantitative estimate of drug-likeness (QED) is 0.588. The second-order valence-electron chi connectivity index (χ2n) is 6.80. The van der Waals surface area contributed by atoms with Gasteiger partial charge >= 0.3 is 0 Å². The minimum Gasteiger partial charge on any atom is -0.274 e. The molecule has 1 aliphatic heterocycles. The number of para-hydroxylation sites is 1. The Morgan fingerprint density at radius 2 is 1.59 bits per heavy atom. The van der Waals surface area contributed by atoms with Gasteiger partial charge in [-0.2, -0.15) is 5.26 Å². The Labute approximate surface area is 128 Å². The number of carbonyl (C=O) groups excluding carboxylic acids is 2. The fourth-order valence-electron chi connectivity index (χ4n) is 4.96. The van der Waals surface area contributed by atoms with Gasteiger partial charge in [0.1, 0.15) is 6.07 Å². The number of carbonyl (C=O) groups is 2. The molecule has 108 valence electrons. The lowest BCUT2D eigenvalue weighted by molar-refractivity contribution is -0.124. The van der Waals surface area contributed by atoms with Crippen molar-refractivity contribution in [2.45, 2.75) is 6.42 Å². The first kappa shape index (κ1) is 12.2. The van der Waals surface area contributed by atoms with Gasteiger partial charge in [-0.25, -0.2) is 4.90 Å². The van der Waals surface area contributed by atoms with Crippen LogP contribution in [0.1, 0.15) is 12.0 Å². The number of nitrogens with zero attached hydrogens (tertiary/aromatic N) is 2. The maximum Gasteiger partial charge on any atom is 0.238 e. The van der Waals surface area contributed by atoms with Crippen LogP contribution in [-0.4, -0.2) is 11.8 Å². The van der Waals surface area contributed by atoms with Crippen molar-refractivity contribution in [2.75, 3.05) is 4.90 Å². The second-order valence-corrected chi connectivity index (χ2v) is 6.80. The Kier molecular flexibility index (Phi) is 2.14. The SMILES string of the molecule is N#Cc1ccccc1N1C(=O)[C@@H]2[C@@H]3C=C[C@H]([C@@H]4C[C@H]34)[C@H]2C1=O. The van der Waals surface area contributed by atoms with E-state index in [1.807, 2.05) is 0 Å². The van der Waals surface area contributed by atoms with Crippen LogP contribution >= 0.6 is 0 Å². The number of hydrogen-bond donors (Lipinski definition) is 0. The normalized spacial score (nSPS) is 40.4. The lowest BCUT2D eigenvalue weighted by Crippen LogP contribution is -2.40. The molecular formula is C18H14N2O2. The molecule has 2 saturated carbocycles. The van der Waals surface area contributed by atoms with Crippen LogP contribution in [0.25, 0.3) is 0 Å². The molecule has 0 N–H and O–H groups in total. The molecule has 1 aromatic rings. The molecule has 2 bridgehead atoms. The van der Waals surface area contributed by atoms with E-state index in [1.54, 1.807) is 24.3 Å². The number of nitriles is 1. The molecule has 2 amide bonds. The summed E-state index contributed by atoms with van der Waals surface area (Å²) in [5.74, 6) is 0.991. The molecule has 4 nitrogen and oxygen atoms in total. The van der Waals surface area contributed by atoms with Gasteiger partial charge in [0.15, 0.2) is 0 Å². The second kappa shape index (κ2) is 3.86. The first-order valence-corrected chi connectivity index (χ1v) is 7.77. The summed E-state index contributed by atoms with van der Waals surface area (Å²) in [6.45, 7) is 0. The first-order chi connectivity index (χ1) is 10.7. The van der Waals surface area contributed by atoms with Crippen molar-refractivity contribution in [1.29, 1.82) is 5.26 Å². The van der Waals surface area contributed by atoms with Gasteiger partial charge in [0.2, 0.25) is 11.8 Å². The van der Waals surface area contributed by atoms with E-state index in [1.165, 1.54) is 4.90 Å². The molecular weight excluding hydrogens is 276 g/mol. The Balaban J connectivity index is 1.62. The zero-order valence-corrected chi connectivity index (χ0v) is 11.8. The van der Waals surface area contributed by atoms with E-state index in [0.717, 1.165) is 6.42 Å². The van der Waals surface area contributed by atoms with Gasteiger partial charge in [-0.3, -0.25) is 9.59 Å². The number of hydrogen-bond acceptors (Lipinski definition) is 3. The molecule has 6 rings (SSSR count). The third-order valence-electron chi connectivity index (χ3n) is 5.93.